The summed E-state index contributed by atoms with van der Waals surface area (Å²) >= 11 is 0. The first-order chi connectivity index (χ1) is 7.29. The summed E-state index contributed by atoms with van der Waals surface area (Å²) in [6.07, 6.45) is 4.38. The highest BCUT2D eigenvalue weighted by Crippen LogP contribution is 2.15. The Morgan fingerprint density at radius 3 is 2.67 bits per heavy atom. The summed E-state index contributed by atoms with van der Waals surface area (Å²) < 4.78 is 0. The van der Waals surface area contributed by atoms with Crippen molar-refractivity contribution in [1.82, 2.24) is 16.0 Å². The minimum absolute atomic E-state index is 0.511. The van der Waals surface area contributed by atoms with Crippen LogP contribution in [0.15, 0.2) is 0 Å². The molecule has 1 unspecified atom stereocenters. The van der Waals surface area contributed by atoms with Gasteiger partial charge in [0.2, 0.25) is 0 Å². The molecule has 88 valence electrons. The van der Waals surface area contributed by atoms with Gasteiger partial charge in [0.1, 0.15) is 0 Å². The first-order valence-electron chi connectivity index (χ1n) is 6.16. The minimum Gasteiger partial charge on any atom is -0.387 e. The van der Waals surface area contributed by atoms with Crippen molar-refractivity contribution in [2.45, 2.75) is 37.3 Å². The first-order valence-corrected chi connectivity index (χ1v) is 6.16. The predicted molar refractivity (Wildman–Crippen MR) is 60.9 cm³/mol. The molecule has 0 aromatic heterocycles. The number of hydrogen-bond acceptors (Lipinski definition) is 4. The number of hydrogen-bond donors (Lipinski definition) is 4. The van der Waals surface area contributed by atoms with Crippen LogP contribution in [-0.4, -0.2) is 49.5 Å². The van der Waals surface area contributed by atoms with Crippen molar-refractivity contribution in [3.8, 4) is 0 Å². The van der Waals surface area contributed by atoms with Crippen molar-refractivity contribution in [1.29, 1.82) is 0 Å². The molecule has 1 atom stereocenters. The van der Waals surface area contributed by atoms with E-state index in [1.807, 2.05) is 0 Å². The van der Waals surface area contributed by atoms with Crippen LogP contribution >= 0.6 is 0 Å². The number of piperidine rings is 2. The fraction of sp³-hybridized carbons (Fsp3) is 1.00. The first kappa shape index (κ1) is 11.3. The molecule has 0 bridgehead atoms. The summed E-state index contributed by atoms with van der Waals surface area (Å²) in [5.74, 6) is 0. The van der Waals surface area contributed by atoms with Crippen molar-refractivity contribution >= 4 is 0 Å². The molecule has 15 heavy (non-hydrogen) atoms. The Morgan fingerprint density at radius 2 is 2.00 bits per heavy atom. The minimum atomic E-state index is -0.511. The number of rotatable bonds is 3. The lowest BCUT2D eigenvalue weighted by molar-refractivity contribution is 0.0139. The Balaban J connectivity index is 1.70. The van der Waals surface area contributed by atoms with E-state index in [-0.39, 0.29) is 0 Å². The molecule has 2 fully saturated rings. The second-order valence-electron chi connectivity index (χ2n) is 4.91. The largest absolute Gasteiger partial charge is 0.387 e. The van der Waals surface area contributed by atoms with Gasteiger partial charge < -0.3 is 21.1 Å². The molecular formula is C11H23N3O. The maximum atomic E-state index is 10.3. The fourth-order valence-corrected chi connectivity index (χ4v) is 2.46. The Morgan fingerprint density at radius 1 is 1.20 bits per heavy atom. The maximum absolute atomic E-state index is 10.3. The average Bonchev–Trinajstić information content (AvgIpc) is 2.29. The van der Waals surface area contributed by atoms with Gasteiger partial charge in [-0.3, -0.25) is 0 Å². The highest BCUT2D eigenvalue weighted by Gasteiger charge is 2.29. The highest BCUT2D eigenvalue weighted by molar-refractivity contribution is 4.89. The summed E-state index contributed by atoms with van der Waals surface area (Å²) in [6.45, 7) is 4.74. The smallest absolute Gasteiger partial charge is 0.0895 e. The van der Waals surface area contributed by atoms with E-state index in [0.717, 1.165) is 45.6 Å². The molecule has 0 saturated carbocycles. The van der Waals surface area contributed by atoms with Gasteiger partial charge in [0.05, 0.1) is 5.60 Å². The number of nitrogens with one attached hydrogen (secondary N) is 3. The molecule has 0 aliphatic carbocycles. The van der Waals surface area contributed by atoms with Crippen LogP contribution in [0.3, 0.4) is 0 Å². The third-order valence-corrected chi connectivity index (χ3v) is 3.51. The highest BCUT2D eigenvalue weighted by atomic mass is 16.3. The van der Waals surface area contributed by atoms with Gasteiger partial charge in [0.15, 0.2) is 0 Å². The normalized spacial score (nSPS) is 34.2. The van der Waals surface area contributed by atoms with E-state index in [1.54, 1.807) is 0 Å². The molecule has 0 radical (unpaired) electrons. The zero-order valence-electron chi connectivity index (χ0n) is 9.39. The van der Waals surface area contributed by atoms with Crippen molar-refractivity contribution in [3.05, 3.63) is 0 Å². The molecule has 2 aliphatic heterocycles. The van der Waals surface area contributed by atoms with Crippen LogP contribution in [-0.2, 0) is 0 Å². The van der Waals surface area contributed by atoms with Crippen molar-refractivity contribution in [2.75, 3.05) is 32.7 Å². The molecule has 2 heterocycles. The van der Waals surface area contributed by atoms with Gasteiger partial charge in [-0.25, -0.2) is 0 Å². The molecule has 0 aromatic rings. The monoisotopic (exact) mass is 213 g/mol. The standard InChI is InChI=1S/C11H23N3O/c15-11(4-1-5-13-8-11)9-14-10-2-6-12-7-3-10/h10,12-15H,1-9H2. The molecule has 4 heteroatoms. The topological polar surface area (TPSA) is 56.3 Å². The van der Waals surface area contributed by atoms with Gasteiger partial charge in [0.25, 0.3) is 0 Å². The number of aliphatic hydroxyl groups is 1. The third kappa shape index (κ3) is 3.41. The molecule has 2 aliphatic rings. The van der Waals surface area contributed by atoms with Crippen molar-refractivity contribution in [3.63, 3.8) is 0 Å². The SMILES string of the molecule is OC1(CNC2CCNCC2)CCCNC1. The van der Waals surface area contributed by atoms with Gasteiger partial charge in [-0.2, -0.15) is 0 Å². The Hall–Kier alpha value is -0.160. The van der Waals surface area contributed by atoms with Gasteiger partial charge in [-0.15, -0.1) is 0 Å². The van der Waals surface area contributed by atoms with E-state index < -0.39 is 5.60 Å². The molecule has 0 aromatic carbocycles. The quantitative estimate of drug-likeness (QED) is 0.508. The van der Waals surface area contributed by atoms with Crippen LogP contribution in [0.2, 0.25) is 0 Å². The predicted octanol–water partition coefficient (Wildman–Crippen LogP) is -0.557. The third-order valence-electron chi connectivity index (χ3n) is 3.51. The van der Waals surface area contributed by atoms with Crippen LogP contribution in [0.1, 0.15) is 25.7 Å². The van der Waals surface area contributed by atoms with Gasteiger partial charge >= 0.3 is 0 Å². The van der Waals surface area contributed by atoms with Crippen LogP contribution in [0.25, 0.3) is 0 Å². The molecule has 2 saturated heterocycles. The van der Waals surface area contributed by atoms with Gasteiger partial charge in [0, 0.05) is 19.1 Å². The summed E-state index contributed by atoms with van der Waals surface area (Å²) in [6, 6.07) is 0.595. The fourth-order valence-electron chi connectivity index (χ4n) is 2.46. The lowest BCUT2D eigenvalue weighted by atomic mass is 9.93. The molecule has 2 rings (SSSR count). The lowest BCUT2D eigenvalue weighted by Gasteiger charge is -2.35. The van der Waals surface area contributed by atoms with E-state index in [4.69, 9.17) is 0 Å². The molecule has 0 spiro atoms. The molecule has 4 nitrogen and oxygen atoms in total. The average molecular weight is 213 g/mol. The van der Waals surface area contributed by atoms with Gasteiger partial charge in [-0.1, -0.05) is 0 Å². The lowest BCUT2D eigenvalue weighted by Crippen LogP contribution is -2.54. The van der Waals surface area contributed by atoms with Crippen LogP contribution in [0.5, 0.6) is 0 Å². The molecular weight excluding hydrogens is 190 g/mol. The van der Waals surface area contributed by atoms with Crippen molar-refractivity contribution < 1.29 is 5.11 Å². The maximum Gasteiger partial charge on any atom is 0.0895 e. The zero-order valence-corrected chi connectivity index (χ0v) is 9.39. The van der Waals surface area contributed by atoms with Crippen molar-refractivity contribution in [2.24, 2.45) is 0 Å². The summed E-state index contributed by atoms with van der Waals surface area (Å²) in [4.78, 5) is 0. The Kier molecular flexibility index (Phi) is 3.97. The molecule has 0 amide bonds. The summed E-state index contributed by atoms with van der Waals surface area (Å²) in [5.41, 5.74) is -0.511. The van der Waals surface area contributed by atoms with Gasteiger partial charge in [-0.05, 0) is 45.3 Å². The second kappa shape index (κ2) is 5.25. The summed E-state index contributed by atoms with van der Waals surface area (Å²) in [7, 11) is 0. The zero-order chi connectivity index (χ0) is 10.6. The second-order valence-corrected chi connectivity index (χ2v) is 4.91. The Labute approximate surface area is 91.8 Å². The van der Waals surface area contributed by atoms with E-state index in [1.165, 1.54) is 12.8 Å². The van der Waals surface area contributed by atoms with E-state index in [0.29, 0.717) is 6.04 Å². The van der Waals surface area contributed by atoms with E-state index in [9.17, 15) is 5.11 Å². The Bertz CT molecular complexity index is 186. The van der Waals surface area contributed by atoms with E-state index in [2.05, 4.69) is 16.0 Å². The van der Waals surface area contributed by atoms with Crippen LogP contribution < -0.4 is 16.0 Å². The van der Waals surface area contributed by atoms with Crippen LogP contribution in [0.4, 0.5) is 0 Å². The summed E-state index contributed by atoms with van der Waals surface area (Å²) in [5, 5.41) is 20.4. The molecule has 4 N–H and O–H groups in total. The van der Waals surface area contributed by atoms with E-state index >= 15 is 0 Å². The van der Waals surface area contributed by atoms with Crippen LogP contribution in [0, 0.1) is 0 Å². The number of β-amino-alcohol motifs (C(OH)–C–C–N with tert-alkyl or cyclic N) is 1.